The van der Waals surface area contributed by atoms with Crippen LogP contribution < -0.4 is 0 Å². The van der Waals surface area contributed by atoms with E-state index in [4.69, 9.17) is 5.11 Å². The molecule has 1 nitrogen and oxygen atoms in total. The molecule has 0 aliphatic heterocycles. The number of rotatable bonds is 2. The van der Waals surface area contributed by atoms with Crippen molar-refractivity contribution in [3.8, 4) is 0 Å². The molecule has 0 spiro atoms. The van der Waals surface area contributed by atoms with Crippen LogP contribution in [0.4, 0.5) is 8.78 Å². The number of aliphatic hydroxyl groups is 1. The fourth-order valence-electron chi connectivity index (χ4n) is 0.997. The second-order valence-electron chi connectivity index (χ2n) is 2.64. The third-order valence-corrected chi connectivity index (χ3v) is 1.80. The van der Waals surface area contributed by atoms with E-state index in [1.165, 1.54) is 12.1 Å². The van der Waals surface area contributed by atoms with Crippen molar-refractivity contribution in [2.45, 2.75) is 20.0 Å². The summed E-state index contributed by atoms with van der Waals surface area (Å²) in [6.45, 7) is 1.59. The van der Waals surface area contributed by atoms with Gasteiger partial charge in [-0.05, 0) is 24.1 Å². The molecule has 0 radical (unpaired) electrons. The van der Waals surface area contributed by atoms with E-state index in [-0.39, 0.29) is 12.2 Å². The summed E-state index contributed by atoms with van der Waals surface area (Å²) in [4.78, 5) is 0. The zero-order valence-corrected chi connectivity index (χ0v) is 6.72. The maximum absolute atomic E-state index is 12.1. The fourth-order valence-corrected chi connectivity index (χ4v) is 0.997. The molecule has 0 unspecified atom stereocenters. The molecular weight excluding hydrogens is 162 g/mol. The molecule has 66 valence electrons. The molecule has 1 rings (SSSR count). The van der Waals surface area contributed by atoms with E-state index < -0.39 is 6.43 Å². The van der Waals surface area contributed by atoms with Gasteiger partial charge in [-0.1, -0.05) is 12.1 Å². The molecule has 0 amide bonds. The van der Waals surface area contributed by atoms with Gasteiger partial charge in [0.25, 0.3) is 6.43 Å². The van der Waals surface area contributed by atoms with Gasteiger partial charge in [0.15, 0.2) is 0 Å². The van der Waals surface area contributed by atoms with Crippen LogP contribution in [0.5, 0.6) is 0 Å². The standard InChI is InChI=1S/C9H10F2O/c1-6-2-3-7(9(10)11)4-8(6)5-12/h2-4,9,12H,5H2,1H3. The quantitative estimate of drug-likeness (QED) is 0.726. The summed E-state index contributed by atoms with van der Waals surface area (Å²) in [6, 6.07) is 4.30. The van der Waals surface area contributed by atoms with E-state index in [0.29, 0.717) is 5.56 Å². The lowest BCUT2D eigenvalue weighted by Crippen LogP contribution is -1.92. The minimum atomic E-state index is -2.46. The number of hydrogen-bond donors (Lipinski definition) is 1. The first-order valence-corrected chi connectivity index (χ1v) is 3.63. The summed E-state index contributed by atoms with van der Waals surface area (Å²) < 4.78 is 24.3. The van der Waals surface area contributed by atoms with Gasteiger partial charge in [0, 0.05) is 5.56 Å². The predicted molar refractivity (Wildman–Crippen MR) is 42.1 cm³/mol. The van der Waals surface area contributed by atoms with Crippen molar-refractivity contribution in [2.75, 3.05) is 0 Å². The van der Waals surface area contributed by atoms with Crippen LogP contribution in [0.1, 0.15) is 23.1 Å². The van der Waals surface area contributed by atoms with Gasteiger partial charge in [-0.25, -0.2) is 8.78 Å². The van der Waals surface area contributed by atoms with Gasteiger partial charge in [-0.2, -0.15) is 0 Å². The largest absolute Gasteiger partial charge is 0.392 e. The zero-order valence-electron chi connectivity index (χ0n) is 6.72. The molecular formula is C9H10F2O. The Bertz CT molecular complexity index is 271. The van der Waals surface area contributed by atoms with Crippen LogP contribution in [0.25, 0.3) is 0 Å². The number of benzene rings is 1. The summed E-state index contributed by atoms with van der Waals surface area (Å²) in [6.07, 6.45) is -2.46. The van der Waals surface area contributed by atoms with Crippen LogP contribution in [0.15, 0.2) is 18.2 Å². The van der Waals surface area contributed by atoms with Gasteiger partial charge in [0.1, 0.15) is 0 Å². The maximum atomic E-state index is 12.1. The van der Waals surface area contributed by atoms with Crippen LogP contribution in [-0.2, 0) is 6.61 Å². The van der Waals surface area contributed by atoms with Crippen molar-refractivity contribution in [3.05, 3.63) is 34.9 Å². The Labute approximate surface area is 69.7 Å². The van der Waals surface area contributed by atoms with Gasteiger partial charge in [-0.15, -0.1) is 0 Å². The minimum Gasteiger partial charge on any atom is -0.392 e. The molecule has 12 heavy (non-hydrogen) atoms. The zero-order chi connectivity index (χ0) is 9.14. The van der Waals surface area contributed by atoms with E-state index in [9.17, 15) is 8.78 Å². The van der Waals surface area contributed by atoms with Crippen molar-refractivity contribution in [1.29, 1.82) is 0 Å². The number of aryl methyl sites for hydroxylation is 1. The summed E-state index contributed by atoms with van der Waals surface area (Å²) in [5.41, 5.74) is 1.36. The van der Waals surface area contributed by atoms with Gasteiger partial charge in [0.05, 0.1) is 6.61 Å². The average molecular weight is 172 g/mol. The van der Waals surface area contributed by atoms with Crippen LogP contribution in [0.3, 0.4) is 0 Å². The number of alkyl halides is 2. The normalized spacial score (nSPS) is 10.8. The molecule has 0 aliphatic carbocycles. The second kappa shape index (κ2) is 3.63. The lowest BCUT2D eigenvalue weighted by molar-refractivity contribution is 0.151. The number of hydrogen-bond acceptors (Lipinski definition) is 1. The monoisotopic (exact) mass is 172 g/mol. The molecule has 0 atom stereocenters. The Morgan fingerprint density at radius 3 is 2.58 bits per heavy atom. The van der Waals surface area contributed by atoms with Crippen molar-refractivity contribution in [3.63, 3.8) is 0 Å². The molecule has 0 heterocycles. The SMILES string of the molecule is Cc1ccc(C(F)F)cc1CO. The van der Waals surface area contributed by atoms with Crippen molar-refractivity contribution in [1.82, 2.24) is 0 Å². The third-order valence-electron chi connectivity index (χ3n) is 1.80. The molecule has 1 aromatic rings. The lowest BCUT2D eigenvalue weighted by atomic mass is 10.1. The van der Waals surface area contributed by atoms with Crippen molar-refractivity contribution < 1.29 is 13.9 Å². The van der Waals surface area contributed by atoms with Gasteiger partial charge >= 0.3 is 0 Å². The smallest absolute Gasteiger partial charge is 0.263 e. The average Bonchev–Trinajstić information content (AvgIpc) is 2.05. The first-order valence-electron chi connectivity index (χ1n) is 3.63. The Morgan fingerprint density at radius 1 is 1.42 bits per heavy atom. The molecule has 1 aromatic carbocycles. The molecule has 3 heteroatoms. The molecule has 0 aliphatic rings. The van der Waals surface area contributed by atoms with Crippen LogP contribution in [-0.4, -0.2) is 5.11 Å². The topological polar surface area (TPSA) is 20.2 Å². The number of aliphatic hydroxyl groups excluding tert-OH is 1. The number of halogens is 2. The van der Waals surface area contributed by atoms with Crippen molar-refractivity contribution >= 4 is 0 Å². The highest BCUT2D eigenvalue weighted by atomic mass is 19.3. The summed E-state index contributed by atoms with van der Waals surface area (Å²) in [5.74, 6) is 0. The minimum absolute atomic E-state index is 0.0374. The van der Waals surface area contributed by atoms with Gasteiger partial charge < -0.3 is 5.11 Å². The van der Waals surface area contributed by atoms with E-state index in [0.717, 1.165) is 5.56 Å². The predicted octanol–water partition coefficient (Wildman–Crippen LogP) is 2.42. The second-order valence-corrected chi connectivity index (χ2v) is 2.64. The highest BCUT2D eigenvalue weighted by Crippen LogP contribution is 2.21. The Balaban J connectivity index is 3.05. The first kappa shape index (κ1) is 9.13. The van der Waals surface area contributed by atoms with Crippen LogP contribution >= 0.6 is 0 Å². The molecule has 1 N–H and O–H groups in total. The summed E-state index contributed by atoms with van der Waals surface area (Å²) >= 11 is 0. The van der Waals surface area contributed by atoms with Gasteiger partial charge in [0.2, 0.25) is 0 Å². The summed E-state index contributed by atoms with van der Waals surface area (Å²) in [5, 5.41) is 8.78. The third kappa shape index (κ3) is 1.80. The Hall–Kier alpha value is -0.960. The van der Waals surface area contributed by atoms with E-state index >= 15 is 0 Å². The Morgan fingerprint density at radius 2 is 2.08 bits per heavy atom. The summed E-state index contributed by atoms with van der Waals surface area (Å²) in [7, 11) is 0. The first-order chi connectivity index (χ1) is 5.65. The van der Waals surface area contributed by atoms with Crippen LogP contribution in [0.2, 0.25) is 0 Å². The lowest BCUT2D eigenvalue weighted by Gasteiger charge is -2.05. The molecule has 0 bridgehead atoms. The molecule has 0 aromatic heterocycles. The molecule has 0 saturated carbocycles. The van der Waals surface area contributed by atoms with E-state index in [1.54, 1.807) is 13.0 Å². The van der Waals surface area contributed by atoms with Crippen molar-refractivity contribution in [2.24, 2.45) is 0 Å². The van der Waals surface area contributed by atoms with E-state index in [2.05, 4.69) is 0 Å². The van der Waals surface area contributed by atoms with E-state index in [1.807, 2.05) is 0 Å². The highest BCUT2D eigenvalue weighted by molar-refractivity contribution is 5.31. The maximum Gasteiger partial charge on any atom is 0.263 e. The molecule has 0 saturated heterocycles. The molecule has 0 fully saturated rings. The van der Waals surface area contributed by atoms with Gasteiger partial charge in [-0.3, -0.25) is 0 Å². The highest BCUT2D eigenvalue weighted by Gasteiger charge is 2.07. The Kier molecular flexibility index (Phi) is 2.76. The van der Waals surface area contributed by atoms with Crippen LogP contribution in [0, 0.1) is 6.92 Å². The fraction of sp³-hybridized carbons (Fsp3) is 0.333.